The van der Waals surface area contributed by atoms with Crippen molar-refractivity contribution in [1.29, 1.82) is 0 Å². The number of fused-ring (bicyclic) bond motifs is 1. The number of aryl methyl sites for hydroxylation is 1. The number of hydrogen-bond acceptors (Lipinski definition) is 6. The van der Waals surface area contributed by atoms with Crippen molar-refractivity contribution in [1.82, 2.24) is 19.1 Å². The molecule has 0 aliphatic rings. The lowest BCUT2D eigenvalue weighted by Gasteiger charge is -2.05. The van der Waals surface area contributed by atoms with Crippen LogP contribution in [-0.2, 0) is 14.1 Å². The number of hydrogen-bond donors (Lipinski definition) is 1. The predicted octanol–water partition coefficient (Wildman–Crippen LogP) is -1.16. The SMILES string of the molecule is Cn1c(=O)c2ncc(/C=N\O)nc2n(C)c1=O. The largest absolute Gasteiger partial charge is 0.411 e. The Morgan fingerprint density at radius 2 is 2.06 bits per heavy atom. The first kappa shape index (κ1) is 11.0. The van der Waals surface area contributed by atoms with Gasteiger partial charge >= 0.3 is 5.69 Å². The summed E-state index contributed by atoms with van der Waals surface area (Å²) in [4.78, 5) is 31.3. The molecule has 0 fully saturated rings. The molecule has 0 unspecified atom stereocenters. The molecular formula is C9H9N5O3. The summed E-state index contributed by atoms with van der Waals surface area (Å²) in [6, 6.07) is 0. The highest BCUT2D eigenvalue weighted by molar-refractivity contribution is 5.79. The molecule has 0 aliphatic heterocycles. The first-order valence-electron chi connectivity index (χ1n) is 4.66. The van der Waals surface area contributed by atoms with E-state index in [9.17, 15) is 9.59 Å². The van der Waals surface area contributed by atoms with Crippen molar-refractivity contribution >= 4 is 17.4 Å². The Morgan fingerprint density at radius 3 is 2.71 bits per heavy atom. The van der Waals surface area contributed by atoms with Gasteiger partial charge in [-0.25, -0.2) is 14.8 Å². The second-order valence-electron chi connectivity index (χ2n) is 3.42. The van der Waals surface area contributed by atoms with Gasteiger partial charge in [0, 0.05) is 14.1 Å². The third-order valence-electron chi connectivity index (χ3n) is 2.36. The minimum Gasteiger partial charge on any atom is -0.411 e. The maximum atomic E-state index is 11.7. The van der Waals surface area contributed by atoms with Crippen molar-refractivity contribution in [2.75, 3.05) is 0 Å². The third kappa shape index (κ3) is 1.59. The molecular weight excluding hydrogens is 226 g/mol. The van der Waals surface area contributed by atoms with Crippen LogP contribution >= 0.6 is 0 Å². The van der Waals surface area contributed by atoms with Gasteiger partial charge in [-0.15, -0.1) is 0 Å². The van der Waals surface area contributed by atoms with Gasteiger partial charge in [-0.05, 0) is 0 Å². The minimum atomic E-state index is -0.511. The molecule has 8 nitrogen and oxygen atoms in total. The van der Waals surface area contributed by atoms with Gasteiger partial charge in [-0.3, -0.25) is 13.9 Å². The van der Waals surface area contributed by atoms with Crippen LogP contribution in [0.25, 0.3) is 11.2 Å². The van der Waals surface area contributed by atoms with Crippen molar-refractivity contribution in [3.05, 3.63) is 32.7 Å². The van der Waals surface area contributed by atoms with E-state index in [1.54, 1.807) is 0 Å². The molecule has 88 valence electrons. The van der Waals surface area contributed by atoms with E-state index >= 15 is 0 Å². The van der Waals surface area contributed by atoms with Crippen LogP contribution in [0.2, 0.25) is 0 Å². The Morgan fingerprint density at radius 1 is 1.35 bits per heavy atom. The summed E-state index contributed by atoms with van der Waals surface area (Å²) in [5, 5.41) is 11.2. The van der Waals surface area contributed by atoms with E-state index in [4.69, 9.17) is 5.21 Å². The smallest absolute Gasteiger partial charge is 0.332 e. The lowest BCUT2D eigenvalue weighted by molar-refractivity contribution is 0.321. The van der Waals surface area contributed by atoms with E-state index in [2.05, 4.69) is 15.1 Å². The van der Waals surface area contributed by atoms with E-state index in [0.717, 1.165) is 10.8 Å². The van der Waals surface area contributed by atoms with Gasteiger partial charge in [-0.2, -0.15) is 0 Å². The minimum absolute atomic E-state index is 0.0877. The average Bonchev–Trinajstić information content (AvgIpc) is 2.34. The van der Waals surface area contributed by atoms with Crippen LogP contribution in [0.15, 0.2) is 20.9 Å². The number of rotatable bonds is 1. The fraction of sp³-hybridized carbons (Fsp3) is 0.222. The molecule has 0 amide bonds. The summed E-state index contributed by atoms with van der Waals surface area (Å²) in [5.74, 6) is 0. The molecule has 8 heteroatoms. The summed E-state index contributed by atoms with van der Waals surface area (Å²) in [5.41, 5.74) is -0.513. The zero-order valence-corrected chi connectivity index (χ0v) is 9.15. The zero-order chi connectivity index (χ0) is 12.6. The number of nitrogens with zero attached hydrogens (tertiary/aromatic N) is 5. The van der Waals surface area contributed by atoms with Crippen molar-refractivity contribution in [2.24, 2.45) is 19.3 Å². The van der Waals surface area contributed by atoms with Crippen molar-refractivity contribution in [3.63, 3.8) is 0 Å². The van der Waals surface area contributed by atoms with Gasteiger partial charge in [0.15, 0.2) is 11.2 Å². The molecule has 0 saturated carbocycles. The topological polar surface area (TPSA) is 102 Å². The van der Waals surface area contributed by atoms with Crippen LogP contribution in [0.4, 0.5) is 0 Å². The molecule has 0 bridgehead atoms. The van der Waals surface area contributed by atoms with Gasteiger partial charge in [0.05, 0.1) is 12.4 Å². The molecule has 2 rings (SSSR count). The van der Waals surface area contributed by atoms with Gasteiger partial charge in [-0.1, -0.05) is 5.16 Å². The van der Waals surface area contributed by atoms with Crippen molar-refractivity contribution in [2.45, 2.75) is 0 Å². The fourth-order valence-corrected chi connectivity index (χ4v) is 1.46. The van der Waals surface area contributed by atoms with Crippen LogP contribution in [-0.4, -0.2) is 30.5 Å². The highest BCUT2D eigenvalue weighted by atomic mass is 16.4. The van der Waals surface area contributed by atoms with Crippen LogP contribution in [0.3, 0.4) is 0 Å². The Hall–Kier alpha value is -2.51. The summed E-state index contributed by atoms with van der Waals surface area (Å²) in [6.07, 6.45) is 2.35. The Kier molecular flexibility index (Phi) is 2.47. The molecule has 1 N–H and O–H groups in total. The summed E-state index contributed by atoms with van der Waals surface area (Å²) < 4.78 is 2.16. The molecule has 0 aliphatic carbocycles. The lowest BCUT2D eigenvalue weighted by atomic mass is 10.4. The molecule has 2 aromatic heterocycles. The molecule has 2 aromatic rings. The molecule has 0 radical (unpaired) electrons. The monoisotopic (exact) mass is 235 g/mol. The van der Waals surface area contributed by atoms with E-state index in [0.29, 0.717) is 0 Å². The molecule has 17 heavy (non-hydrogen) atoms. The van der Waals surface area contributed by atoms with Crippen molar-refractivity contribution < 1.29 is 5.21 Å². The molecule has 0 saturated heterocycles. The third-order valence-corrected chi connectivity index (χ3v) is 2.36. The fourth-order valence-electron chi connectivity index (χ4n) is 1.46. The van der Waals surface area contributed by atoms with Crippen LogP contribution in [0, 0.1) is 0 Å². The zero-order valence-electron chi connectivity index (χ0n) is 9.15. The number of aromatic nitrogens is 4. The number of oxime groups is 1. The second-order valence-corrected chi connectivity index (χ2v) is 3.42. The summed E-state index contributed by atoms with van der Waals surface area (Å²) in [6.45, 7) is 0. The van der Waals surface area contributed by atoms with Gasteiger partial charge in [0.1, 0.15) is 5.69 Å². The molecule has 2 heterocycles. The highest BCUT2D eigenvalue weighted by Gasteiger charge is 2.10. The van der Waals surface area contributed by atoms with Gasteiger partial charge in [0.25, 0.3) is 5.56 Å². The quantitative estimate of drug-likeness (QED) is 0.381. The van der Waals surface area contributed by atoms with Crippen LogP contribution in [0.1, 0.15) is 5.69 Å². The first-order valence-corrected chi connectivity index (χ1v) is 4.66. The molecule has 0 spiro atoms. The van der Waals surface area contributed by atoms with Gasteiger partial charge < -0.3 is 5.21 Å². The van der Waals surface area contributed by atoms with Crippen LogP contribution < -0.4 is 11.2 Å². The predicted molar refractivity (Wildman–Crippen MR) is 59.4 cm³/mol. The first-order chi connectivity index (χ1) is 8.06. The molecule has 0 aromatic carbocycles. The van der Waals surface area contributed by atoms with E-state index < -0.39 is 11.2 Å². The van der Waals surface area contributed by atoms with E-state index in [-0.39, 0.29) is 16.9 Å². The average molecular weight is 235 g/mol. The molecule has 0 atom stereocenters. The second kappa shape index (κ2) is 3.81. The highest BCUT2D eigenvalue weighted by Crippen LogP contribution is 2.00. The van der Waals surface area contributed by atoms with Crippen molar-refractivity contribution in [3.8, 4) is 0 Å². The maximum absolute atomic E-state index is 11.7. The van der Waals surface area contributed by atoms with E-state index in [1.165, 1.54) is 24.9 Å². The lowest BCUT2D eigenvalue weighted by Crippen LogP contribution is -2.37. The van der Waals surface area contributed by atoms with Gasteiger partial charge in [0.2, 0.25) is 0 Å². The van der Waals surface area contributed by atoms with E-state index in [1.807, 2.05) is 0 Å². The van der Waals surface area contributed by atoms with Crippen LogP contribution in [0.5, 0.6) is 0 Å². The standard InChI is InChI=1S/C9H9N5O3/c1-13-7-6(8(15)14(2)9(13)16)10-3-5(12-7)4-11-17/h3-4,17H,1-2H3/b11-4-. The summed E-state index contributed by atoms with van der Waals surface area (Å²) >= 11 is 0. The Bertz CT molecular complexity index is 728. The maximum Gasteiger partial charge on any atom is 0.332 e. The summed E-state index contributed by atoms with van der Waals surface area (Å²) in [7, 11) is 2.85. The Balaban J connectivity index is 2.97. The Labute approximate surface area is 94.5 Å². The normalized spacial score (nSPS) is 11.4.